The summed E-state index contributed by atoms with van der Waals surface area (Å²) in [6.45, 7) is 3.31. The normalized spacial score (nSPS) is 22.9. The smallest absolute Gasteiger partial charge is 0.118 e. The van der Waals surface area contributed by atoms with Crippen LogP contribution in [0.15, 0.2) is 24.3 Å². The summed E-state index contributed by atoms with van der Waals surface area (Å²) < 4.78 is 5.15. The molecular weight excluding hydrogens is 240 g/mol. The average molecular weight is 264 g/mol. The van der Waals surface area contributed by atoms with Crippen molar-refractivity contribution in [3.63, 3.8) is 0 Å². The highest BCUT2D eigenvalue weighted by atomic mass is 16.5. The molecule has 1 aromatic carbocycles. The van der Waals surface area contributed by atoms with Gasteiger partial charge in [0.2, 0.25) is 0 Å². The van der Waals surface area contributed by atoms with Crippen molar-refractivity contribution in [3.8, 4) is 5.75 Å². The summed E-state index contributed by atoms with van der Waals surface area (Å²) in [5.41, 5.74) is 0.749. The van der Waals surface area contributed by atoms with Crippen molar-refractivity contribution in [3.05, 3.63) is 29.8 Å². The third kappa shape index (κ3) is 4.20. The van der Waals surface area contributed by atoms with Crippen LogP contribution in [0.1, 0.15) is 12.0 Å². The van der Waals surface area contributed by atoms with Gasteiger partial charge in [-0.05, 0) is 44.1 Å². The Bertz CT molecular complexity index is 386. The van der Waals surface area contributed by atoms with Gasteiger partial charge in [-0.25, -0.2) is 0 Å². The molecule has 1 heterocycles. The minimum atomic E-state index is -0.547. The lowest BCUT2D eigenvalue weighted by molar-refractivity contribution is 0.0287. The van der Waals surface area contributed by atoms with E-state index in [0.717, 1.165) is 38.2 Å². The Balaban J connectivity index is 1.77. The third-order valence-corrected chi connectivity index (χ3v) is 3.73. The molecule has 0 spiro atoms. The van der Waals surface area contributed by atoms with Gasteiger partial charge in [0.15, 0.2) is 0 Å². The molecule has 106 valence electrons. The number of hydrogen-bond acceptors (Lipinski definition) is 4. The highest BCUT2D eigenvalue weighted by Crippen LogP contribution is 2.16. The Kier molecular flexibility index (Phi) is 4.80. The van der Waals surface area contributed by atoms with E-state index in [9.17, 15) is 5.11 Å². The van der Waals surface area contributed by atoms with Crippen molar-refractivity contribution in [2.75, 3.05) is 40.3 Å². The van der Waals surface area contributed by atoms with E-state index >= 15 is 0 Å². The molecule has 1 aromatic rings. The van der Waals surface area contributed by atoms with E-state index in [1.807, 2.05) is 12.1 Å². The predicted octanol–water partition coefficient (Wildman–Crippen LogP) is 0.894. The first-order chi connectivity index (χ1) is 9.11. The number of aliphatic hydroxyl groups is 1. The van der Waals surface area contributed by atoms with Gasteiger partial charge < -0.3 is 20.1 Å². The molecule has 2 N–H and O–H groups in total. The van der Waals surface area contributed by atoms with Crippen molar-refractivity contribution in [2.45, 2.75) is 18.4 Å². The van der Waals surface area contributed by atoms with E-state index in [0.29, 0.717) is 6.54 Å². The van der Waals surface area contributed by atoms with Gasteiger partial charge in [0.05, 0.1) is 12.7 Å². The summed E-state index contributed by atoms with van der Waals surface area (Å²) in [5, 5.41) is 13.5. The number of benzene rings is 1. The van der Waals surface area contributed by atoms with Gasteiger partial charge >= 0.3 is 0 Å². The number of rotatable bonds is 6. The van der Waals surface area contributed by atoms with Crippen LogP contribution >= 0.6 is 0 Å². The number of likely N-dealkylation sites (N-methyl/N-ethyl adjacent to an activating group) is 1. The average Bonchev–Trinajstić information content (AvgIpc) is 2.83. The van der Waals surface area contributed by atoms with Crippen LogP contribution < -0.4 is 10.1 Å². The van der Waals surface area contributed by atoms with Crippen LogP contribution in [0.3, 0.4) is 0 Å². The molecule has 1 saturated heterocycles. The molecule has 0 amide bonds. The summed E-state index contributed by atoms with van der Waals surface area (Å²) in [4.78, 5) is 2.21. The van der Waals surface area contributed by atoms with Crippen molar-refractivity contribution in [1.82, 2.24) is 10.2 Å². The molecular formula is C15H24N2O2. The molecule has 1 aliphatic rings. The summed E-state index contributed by atoms with van der Waals surface area (Å²) in [5.74, 6) is 0.892. The van der Waals surface area contributed by atoms with Gasteiger partial charge in [-0.15, -0.1) is 0 Å². The highest BCUT2D eigenvalue weighted by Gasteiger charge is 2.31. The van der Waals surface area contributed by atoms with Gasteiger partial charge in [-0.2, -0.15) is 0 Å². The zero-order chi connectivity index (χ0) is 13.7. The van der Waals surface area contributed by atoms with Crippen molar-refractivity contribution in [2.24, 2.45) is 0 Å². The molecule has 2 rings (SSSR count). The van der Waals surface area contributed by atoms with Gasteiger partial charge in [0.1, 0.15) is 5.75 Å². The van der Waals surface area contributed by atoms with Crippen LogP contribution in [-0.4, -0.2) is 55.9 Å². The van der Waals surface area contributed by atoms with E-state index in [4.69, 9.17) is 4.74 Å². The van der Waals surface area contributed by atoms with Crippen LogP contribution in [0, 0.1) is 0 Å². The van der Waals surface area contributed by atoms with E-state index in [1.54, 1.807) is 7.11 Å². The molecule has 0 aliphatic carbocycles. The summed E-state index contributed by atoms with van der Waals surface area (Å²) in [6, 6.07) is 8.17. The first-order valence-corrected chi connectivity index (χ1v) is 6.86. The zero-order valence-electron chi connectivity index (χ0n) is 11.9. The zero-order valence-corrected chi connectivity index (χ0v) is 11.9. The Morgan fingerprint density at radius 3 is 2.68 bits per heavy atom. The molecule has 4 heteroatoms. The van der Waals surface area contributed by atoms with Gasteiger partial charge in [-0.1, -0.05) is 12.1 Å². The van der Waals surface area contributed by atoms with Gasteiger partial charge in [0.25, 0.3) is 0 Å². The molecule has 1 aliphatic heterocycles. The largest absolute Gasteiger partial charge is 0.497 e. The van der Waals surface area contributed by atoms with Crippen LogP contribution in [0.2, 0.25) is 0 Å². The maximum atomic E-state index is 10.3. The maximum Gasteiger partial charge on any atom is 0.118 e. The topological polar surface area (TPSA) is 44.7 Å². The monoisotopic (exact) mass is 264 g/mol. The molecule has 0 aromatic heterocycles. The second-order valence-corrected chi connectivity index (χ2v) is 5.49. The number of nitrogens with one attached hydrogen (secondary N) is 1. The molecule has 1 fully saturated rings. The van der Waals surface area contributed by atoms with Crippen LogP contribution in [0.5, 0.6) is 5.75 Å². The van der Waals surface area contributed by atoms with Gasteiger partial charge in [0, 0.05) is 19.6 Å². The summed E-state index contributed by atoms with van der Waals surface area (Å²) in [6.07, 6.45) is 1.84. The maximum absolute atomic E-state index is 10.3. The number of methoxy groups -OCH3 is 1. The van der Waals surface area contributed by atoms with Crippen molar-refractivity contribution in [1.29, 1.82) is 0 Å². The first-order valence-electron chi connectivity index (χ1n) is 6.86. The fourth-order valence-corrected chi connectivity index (χ4v) is 2.56. The van der Waals surface area contributed by atoms with E-state index < -0.39 is 5.60 Å². The second-order valence-electron chi connectivity index (χ2n) is 5.49. The Morgan fingerprint density at radius 1 is 1.37 bits per heavy atom. The SMILES string of the molecule is COc1ccc(CCN(C)CC2(O)CCNC2)cc1. The van der Waals surface area contributed by atoms with Crippen LogP contribution in [0.4, 0.5) is 0 Å². The lowest BCUT2D eigenvalue weighted by atomic mass is 10.0. The number of nitrogens with zero attached hydrogens (tertiary/aromatic N) is 1. The molecule has 19 heavy (non-hydrogen) atoms. The van der Waals surface area contributed by atoms with Crippen molar-refractivity contribution >= 4 is 0 Å². The molecule has 0 bridgehead atoms. The minimum absolute atomic E-state index is 0.547. The minimum Gasteiger partial charge on any atom is -0.497 e. The lowest BCUT2D eigenvalue weighted by Gasteiger charge is -2.27. The fourth-order valence-electron chi connectivity index (χ4n) is 2.56. The highest BCUT2D eigenvalue weighted by molar-refractivity contribution is 5.27. The number of β-amino-alcohol motifs (C(OH)–C–C–N with tert-alkyl or cyclic N) is 1. The third-order valence-electron chi connectivity index (χ3n) is 3.73. The standard InChI is InChI=1S/C15H24N2O2/c1-17(12-15(18)8-9-16-11-15)10-7-13-3-5-14(19-2)6-4-13/h3-6,16,18H,7-12H2,1-2H3. The molecule has 0 radical (unpaired) electrons. The summed E-state index contributed by atoms with van der Waals surface area (Å²) in [7, 11) is 3.75. The number of hydrogen-bond donors (Lipinski definition) is 2. The Labute approximate surface area is 115 Å². The number of ether oxygens (including phenoxy) is 1. The quantitative estimate of drug-likeness (QED) is 0.801. The first kappa shape index (κ1) is 14.3. The van der Waals surface area contributed by atoms with E-state index in [1.165, 1.54) is 5.56 Å². The lowest BCUT2D eigenvalue weighted by Crippen LogP contribution is -2.43. The molecule has 1 atom stereocenters. The van der Waals surface area contributed by atoms with Crippen LogP contribution in [-0.2, 0) is 6.42 Å². The second kappa shape index (κ2) is 6.37. The Morgan fingerprint density at radius 2 is 2.11 bits per heavy atom. The molecule has 0 saturated carbocycles. The van der Waals surface area contributed by atoms with Crippen molar-refractivity contribution < 1.29 is 9.84 Å². The molecule has 1 unspecified atom stereocenters. The summed E-state index contributed by atoms with van der Waals surface area (Å²) >= 11 is 0. The molecule has 4 nitrogen and oxygen atoms in total. The van der Waals surface area contributed by atoms with Crippen LogP contribution in [0.25, 0.3) is 0 Å². The van der Waals surface area contributed by atoms with E-state index in [-0.39, 0.29) is 0 Å². The Hall–Kier alpha value is -1.10. The van der Waals surface area contributed by atoms with E-state index in [2.05, 4.69) is 29.4 Å². The fraction of sp³-hybridized carbons (Fsp3) is 0.600. The predicted molar refractivity (Wildman–Crippen MR) is 76.6 cm³/mol. The van der Waals surface area contributed by atoms with Gasteiger partial charge in [-0.3, -0.25) is 0 Å².